The Morgan fingerprint density at radius 2 is 1.79 bits per heavy atom. The quantitative estimate of drug-likeness (QED) is 0.837. The van der Waals surface area contributed by atoms with E-state index in [9.17, 15) is 13.2 Å². The van der Waals surface area contributed by atoms with Crippen LogP contribution in [0.15, 0.2) is 18.5 Å². The molecule has 100 valence electrons. The van der Waals surface area contributed by atoms with E-state index in [2.05, 4.69) is 15.3 Å². The van der Waals surface area contributed by atoms with Crippen molar-refractivity contribution < 1.29 is 17.9 Å². The lowest BCUT2D eigenvalue weighted by atomic mass is 10.3. The fourth-order valence-corrected chi connectivity index (χ4v) is 1.44. The Morgan fingerprint density at radius 1 is 1.16 bits per heavy atom. The summed E-state index contributed by atoms with van der Waals surface area (Å²) in [7, 11) is 1.34. The predicted molar refractivity (Wildman–Crippen MR) is 62.6 cm³/mol. The van der Waals surface area contributed by atoms with Gasteiger partial charge in [0.05, 0.1) is 7.11 Å². The van der Waals surface area contributed by atoms with E-state index >= 15 is 0 Å². The topological polar surface area (TPSA) is 73.1 Å². The van der Waals surface area contributed by atoms with Gasteiger partial charge < -0.3 is 15.8 Å². The Hall–Kier alpha value is -2.51. The second-order valence-corrected chi connectivity index (χ2v) is 3.52. The van der Waals surface area contributed by atoms with Crippen LogP contribution in [-0.4, -0.2) is 17.1 Å². The van der Waals surface area contributed by atoms with Gasteiger partial charge in [-0.2, -0.15) is 0 Å². The molecule has 0 saturated heterocycles. The molecule has 0 aliphatic heterocycles. The average molecular weight is 270 g/mol. The number of nitrogens with one attached hydrogen (secondary N) is 1. The highest BCUT2D eigenvalue weighted by Crippen LogP contribution is 2.29. The van der Waals surface area contributed by atoms with Gasteiger partial charge in [-0.25, -0.2) is 23.1 Å². The van der Waals surface area contributed by atoms with Crippen LogP contribution in [0.5, 0.6) is 5.75 Å². The number of hydrogen-bond acceptors (Lipinski definition) is 5. The van der Waals surface area contributed by atoms with Crippen molar-refractivity contribution in [2.45, 2.75) is 0 Å². The van der Waals surface area contributed by atoms with Crippen LogP contribution in [0.3, 0.4) is 0 Å². The summed E-state index contributed by atoms with van der Waals surface area (Å²) in [6.07, 6.45) is 1.15. The number of anilines is 3. The summed E-state index contributed by atoms with van der Waals surface area (Å²) >= 11 is 0. The van der Waals surface area contributed by atoms with Crippen LogP contribution >= 0.6 is 0 Å². The molecule has 0 bridgehead atoms. The van der Waals surface area contributed by atoms with E-state index in [1.54, 1.807) is 0 Å². The number of nitrogens with zero attached hydrogens (tertiary/aromatic N) is 2. The largest absolute Gasteiger partial charge is 0.490 e. The van der Waals surface area contributed by atoms with Crippen molar-refractivity contribution in [3.63, 3.8) is 0 Å². The number of aromatic nitrogens is 2. The SMILES string of the molecule is COc1c(N)ncnc1Nc1cc(F)c(F)c(F)c1. The van der Waals surface area contributed by atoms with E-state index in [0.717, 1.165) is 18.5 Å². The summed E-state index contributed by atoms with van der Waals surface area (Å²) in [5.74, 6) is -3.89. The van der Waals surface area contributed by atoms with Gasteiger partial charge in [0.25, 0.3) is 0 Å². The molecule has 2 rings (SSSR count). The molecular formula is C11H9F3N4O. The first-order chi connectivity index (χ1) is 9.02. The van der Waals surface area contributed by atoms with Crippen LogP contribution in [0, 0.1) is 17.5 Å². The second-order valence-electron chi connectivity index (χ2n) is 3.52. The molecule has 1 aromatic heterocycles. The van der Waals surface area contributed by atoms with Crippen LogP contribution in [-0.2, 0) is 0 Å². The lowest BCUT2D eigenvalue weighted by Gasteiger charge is -2.11. The molecule has 8 heteroatoms. The van der Waals surface area contributed by atoms with E-state index < -0.39 is 17.5 Å². The van der Waals surface area contributed by atoms with Gasteiger partial charge in [0.2, 0.25) is 5.75 Å². The van der Waals surface area contributed by atoms with Crippen LogP contribution in [0.4, 0.5) is 30.5 Å². The smallest absolute Gasteiger partial charge is 0.204 e. The van der Waals surface area contributed by atoms with Gasteiger partial charge in [0.15, 0.2) is 29.1 Å². The zero-order chi connectivity index (χ0) is 14.0. The van der Waals surface area contributed by atoms with Gasteiger partial charge in [0, 0.05) is 17.8 Å². The number of benzene rings is 1. The molecule has 3 N–H and O–H groups in total. The van der Waals surface area contributed by atoms with Gasteiger partial charge in [-0.05, 0) is 0 Å². The summed E-state index contributed by atoms with van der Waals surface area (Å²) in [6, 6.07) is 1.58. The summed E-state index contributed by atoms with van der Waals surface area (Å²) in [6.45, 7) is 0. The Labute approximate surface area is 106 Å². The maximum absolute atomic E-state index is 13.1. The molecule has 0 aliphatic rings. The molecule has 0 radical (unpaired) electrons. The molecule has 1 aromatic carbocycles. The molecule has 0 fully saturated rings. The molecule has 0 unspecified atom stereocenters. The van der Waals surface area contributed by atoms with Crippen LogP contribution < -0.4 is 15.8 Å². The molecule has 0 spiro atoms. The van der Waals surface area contributed by atoms with Gasteiger partial charge >= 0.3 is 0 Å². The van der Waals surface area contributed by atoms with Gasteiger partial charge in [-0.15, -0.1) is 0 Å². The maximum Gasteiger partial charge on any atom is 0.204 e. The van der Waals surface area contributed by atoms with E-state index in [1.807, 2.05) is 0 Å². The van der Waals surface area contributed by atoms with E-state index in [0.29, 0.717) is 0 Å². The molecular weight excluding hydrogens is 261 g/mol. The summed E-state index contributed by atoms with van der Waals surface area (Å²) in [4.78, 5) is 7.52. The van der Waals surface area contributed by atoms with Crippen molar-refractivity contribution in [3.05, 3.63) is 35.9 Å². The third-order valence-electron chi connectivity index (χ3n) is 2.28. The standard InChI is InChI=1S/C11H9F3N4O/c1-19-9-10(15)16-4-17-11(9)18-5-2-6(12)8(14)7(13)3-5/h2-4H,1H3,(H3,15,16,17,18). The zero-order valence-electron chi connectivity index (χ0n) is 9.75. The van der Waals surface area contributed by atoms with Crippen molar-refractivity contribution in [3.8, 4) is 5.75 Å². The lowest BCUT2D eigenvalue weighted by Crippen LogP contribution is -2.03. The van der Waals surface area contributed by atoms with Crippen LogP contribution in [0.1, 0.15) is 0 Å². The molecule has 0 amide bonds. The fraction of sp³-hybridized carbons (Fsp3) is 0.0909. The predicted octanol–water partition coefficient (Wildman–Crippen LogP) is 2.23. The normalized spacial score (nSPS) is 10.3. The number of ether oxygens (including phenoxy) is 1. The van der Waals surface area contributed by atoms with E-state index in [1.165, 1.54) is 7.11 Å². The van der Waals surface area contributed by atoms with Gasteiger partial charge in [0.1, 0.15) is 6.33 Å². The summed E-state index contributed by atoms with van der Waals surface area (Å²) in [5, 5.41) is 2.57. The number of halogens is 3. The Balaban J connectivity index is 2.39. The highest BCUT2D eigenvalue weighted by Gasteiger charge is 2.14. The Kier molecular flexibility index (Phi) is 3.41. The highest BCUT2D eigenvalue weighted by atomic mass is 19.2. The first kappa shape index (κ1) is 12.9. The first-order valence-electron chi connectivity index (χ1n) is 5.09. The van der Waals surface area contributed by atoms with E-state index in [4.69, 9.17) is 10.5 Å². The fourth-order valence-electron chi connectivity index (χ4n) is 1.44. The minimum Gasteiger partial charge on any atom is -0.490 e. The number of rotatable bonds is 3. The molecule has 5 nitrogen and oxygen atoms in total. The Bertz CT molecular complexity index is 598. The lowest BCUT2D eigenvalue weighted by molar-refractivity contribution is 0.415. The molecule has 19 heavy (non-hydrogen) atoms. The summed E-state index contributed by atoms with van der Waals surface area (Å²) in [5.41, 5.74) is 5.51. The van der Waals surface area contributed by atoms with E-state index in [-0.39, 0.29) is 23.1 Å². The van der Waals surface area contributed by atoms with Crippen LogP contribution in [0.25, 0.3) is 0 Å². The average Bonchev–Trinajstić information content (AvgIpc) is 2.36. The van der Waals surface area contributed by atoms with Crippen molar-refractivity contribution in [2.24, 2.45) is 0 Å². The van der Waals surface area contributed by atoms with Gasteiger partial charge in [-0.1, -0.05) is 0 Å². The Morgan fingerprint density at radius 3 is 2.37 bits per heavy atom. The zero-order valence-corrected chi connectivity index (χ0v) is 9.75. The van der Waals surface area contributed by atoms with Crippen molar-refractivity contribution in [1.29, 1.82) is 0 Å². The van der Waals surface area contributed by atoms with Crippen molar-refractivity contribution in [2.75, 3.05) is 18.2 Å². The molecule has 0 saturated carbocycles. The highest BCUT2D eigenvalue weighted by molar-refractivity contribution is 5.67. The van der Waals surface area contributed by atoms with Crippen molar-refractivity contribution >= 4 is 17.3 Å². The minimum absolute atomic E-state index is 0.0344. The third kappa shape index (κ3) is 2.51. The monoisotopic (exact) mass is 270 g/mol. The number of nitrogen functional groups attached to an aromatic ring is 1. The molecule has 1 heterocycles. The number of hydrogen-bond donors (Lipinski definition) is 2. The third-order valence-corrected chi connectivity index (χ3v) is 2.28. The van der Waals surface area contributed by atoms with Gasteiger partial charge in [-0.3, -0.25) is 0 Å². The number of methoxy groups -OCH3 is 1. The maximum atomic E-state index is 13.1. The number of nitrogens with two attached hydrogens (primary N) is 1. The minimum atomic E-state index is -1.54. The van der Waals surface area contributed by atoms with Crippen molar-refractivity contribution in [1.82, 2.24) is 9.97 Å². The van der Waals surface area contributed by atoms with Crippen LogP contribution in [0.2, 0.25) is 0 Å². The molecule has 0 atom stereocenters. The molecule has 2 aromatic rings. The second kappa shape index (κ2) is 5.01. The summed E-state index contributed by atoms with van der Waals surface area (Å²) < 4.78 is 43.9. The first-order valence-corrected chi connectivity index (χ1v) is 5.09. The molecule has 0 aliphatic carbocycles.